The maximum atomic E-state index is 13.9. The summed E-state index contributed by atoms with van der Waals surface area (Å²) in [4.78, 5) is 25.3. The Bertz CT molecular complexity index is 1930. The minimum absolute atomic E-state index is 0.0482. The molecule has 46 heavy (non-hydrogen) atoms. The molecule has 6 rings (SSSR count). The van der Waals surface area contributed by atoms with E-state index in [0.29, 0.717) is 24.6 Å². The van der Waals surface area contributed by atoms with E-state index in [0.717, 1.165) is 41.4 Å². The van der Waals surface area contributed by atoms with Crippen LogP contribution in [0.4, 0.5) is 11.8 Å². The monoisotopic (exact) mass is 655 g/mol. The lowest BCUT2D eigenvalue weighted by atomic mass is 9.73. The zero-order chi connectivity index (χ0) is 33.2. The topological polar surface area (TPSA) is 117 Å². The van der Waals surface area contributed by atoms with Crippen LogP contribution in [0.5, 0.6) is 0 Å². The summed E-state index contributed by atoms with van der Waals surface area (Å²) in [5.41, 5.74) is 15.2. The maximum absolute atomic E-state index is 13.9. The Hall–Kier alpha value is -3.56. The van der Waals surface area contributed by atoms with Gasteiger partial charge in [0.25, 0.3) is 5.56 Å². The molecule has 3 N–H and O–H groups in total. The van der Waals surface area contributed by atoms with Crippen LogP contribution in [-0.4, -0.2) is 49.6 Å². The molecule has 1 spiro atoms. The summed E-state index contributed by atoms with van der Waals surface area (Å²) in [7, 11) is 2.17. The molecule has 1 aliphatic heterocycles. The molecule has 11 heteroatoms. The van der Waals surface area contributed by atoms with E-state index in [-0.39, 0.29) is 22.8 Å². The highest BCUT2D eigenvalue weighted by Gasteiger charge is 2.51. The van der Waals surface area contributed by atoms with Crippen LogP contribution in [0.3, 0.4) is 0 Å². The van der Waals surface area contributed by atoms with Crippen LogP contribution in [0, 0.1) is 16.9 Å². The summed E-state index contributed by atoms with van der Waals surface area (Å²) in [6, 6.07) is 10.3. The molecule has 0 radical (unpaired) electrons. The summed E-state index contributed by atoms with van der Waals surface area (Å²) in [5, 5.41) is 0.866. The largest absolute Gasteiger partial charge is 0.598 e. The number of benzene rings is 1. The number of hydrogen-bond donors (Lipinski definition) is 2. The first-order valence-electron chi connectivity index (χ1n) is 15.9. The van der Waals surface area contributed by atoms with Gasteiger partial charge in [-0.2, -0.15) is 4.98 Å². The van der Waals surface area contributed by atoms with Gasteiger partial charge in [0.05, 0.1) is 11.6 Å². The zero-order valence-electron chi connectivity index (χ0n) is 28.2. The molecule has 2 aliphatic rings. The molecule has 1 fully saturated rings. The first-order chi connectivity index (χ1) is 21.6. The minimum Gasteiger partial charge on any atom is -0.598 e. The van der Waals surface area contributed by atoms with Crippen molar-refractivity contribution in [1.82, 2.24) is 23.8 Å². The standard InChI is InChI=1S/C35H45N7O2SSi/c1-34(2,3)45(44)39-29-25-12-11-23(13-19-46(6,7)8)20-24(25)21-35(29)14-17-42(18-15-35)33-38-30(36)28(32(43)41(33)5)27-22-40(4)31-26(27)10-9-16-37-31/h9-12,16,20,22,29,39H,14-15,17-18,21,36H2,1-8H3/t29-,45?/m1/s1. The van der Waals surface area contributed by atoms with Crippen molar-refractivity contribution in [3.8, 4) is 22.6 Å². The van der Waals surface area contributed by atoms with E-state index in [1.807, 2.05) is 50.7 Å². The minimum atomic E-state index is -1.51. The Labute approximate surface area is 275 Å². The number of nitrogens with zero attached hydrogens (tertiary/aromatic N) is 5. The molecular formula is C35H45N7O2SSi. The van der Waals surface area contributed by atoms with Gasteiger partial charge in [0.1, 0.15) is 24.3 Å². The van der Waals surface area contributed by atoms with Crippen LogP contribution >= 0.6 is 0 Å². The normalized spacial score (nSPS) is 18.5. The van der Waals surface area contributed by atoms with Crippen LogP contribution < -0.4 is 20.9 Å². The molecule has 9 nitrogen and oxygen atoms in total. The van der Waals surface area contributed by atoms with Gasteiger partial charge in [0.2, 0.25) is 5.95 Å². The highest BCUT2D eigenvalue weighted by atomic mass is 32.2. The Kier molecular flexibility index (Phi) is 8.16. The second kappa shape index (κ2) is 11.6. The average molecular weight is 656 g/mol. The molecule has 0 amide bonds. The van der Waals surface area contributed by atoms with Gasteiger partial charge in [0.15, 0.2) is 0 Å². The predicted octanol–water partition coefficient (Wildman–Crippen LogP) is 5.08. The smallest absolute Gasteiger partial charge is 0.264 e. The van der Waals surface area contributed by atoms with Gasteiger partial charge in [-0.1, -0.05) is 31.6 Å². The third kappa shape index (κ3) is 5.88. The van der Waals surface area contributed by atoms with E-state index >= 15 is 0 Å². The van der Waals surface area contributed by atoms with Crippen LogP contribution in [-0.2, 0) is 31.9 Å². The number of fused-ring (bicyclic) bond motifs is 2. The van der Waals surface area contributed by atoms with Crippen molar-refractivity contribution in [2.45, 2.75) is 70.5 Å². The third-order valence-corrected chi connectivity index (χ3v) is 11.7. The summed E-state index contributed by atoms with van der Waals surface area (Å²) in [6.45, 7) is 14.2. The molecule has 2 atom stereocenters. The van der Waals surface area contributed by atoms with Crippen molar-refractivity contribution in [1.29, 1.82) is 0 Å². The average Bonchev–Trinajstić information content (AvgIpc) is 3.47. The van der Waals surface area contributed by atoms with Crippen LogP contribution in [0.2, 0.25) is 19.6 Å². The number of pyridine rings is 1. The molecule has 0 bridgehead atoms. The van der Waals surface area contributed by atoms with Crippen molar-refractivity contribution < 1.29 is 4.55 Å². The number of nitrogens with one attached hydrogen (secondary N) is 1. The second-order valence-corrected chi connectivity index (χ2v) is 21.7. The fraction of sp³-hybridized carbons (Fsp3) is 0.457. The third-order valence-electron chi connectivity index (χ3n) is 9.31. The maximum Gasteiger partial charge on any atom is 0.264 e. The fourth-order valence-electron chi connectivity index (χ4n) is 6.83. The lowest BCUT2D eigenvalue weighted by Gasteiger charge is -2.44. The van der Waals surface area contributed by atoms with Crippen molar-refractivity contribution in [2.24, 2.45) is 19.5 Å². The van der Waals surface area contributed by atoms with Crippen LogP contribution in [0.25, 0.3) is 22.2 Å². The van der Waals surface area contributed by atoms with Crippen molar-refractivity contribution in [3.05, 3.63) is 69.8 Å². The fourth-order valence-corrected chi connectivity index (χ4v) is 8.30. The summed E-state index contributed by atoms with van der Waals surface area (Å²) in [6.07, 6.45) is 6.22. The Morgan fingerprint density at radius 3 is 2.54 bits per heavy atom. The second-order valence-electron chi connectivity index (χ2n) is 14.9. The van der Waals surface area contributed by atoms with Gasteiger partial charge in [-0.25, -0.2) is 4.98 Å². The van der Waals surface area contributed by atoms with E-state index in [1.165, 1.54) is 11.1 Å². The lowest BCUT2D eigenvalue weighted by Crippen LogP contribution is -2.50. The first kappa shape index (κ1) is 32.4. The van der Waals surface area contributed by atoms with E-state index in [1.54, 1.807) is 17.8 Å². The number of nitrogen functional groups attached to an aromatic ring is 1. The van der Waals surface area contributed by atoms with Gasteiger partial charge < -0.3 is 19.8 Å². The summed E-state index contributed by atoms with van der Waals surface area (Å²) in [5.74, 6) is 4.21. The molecule has 242 valence electrons. The van der Waals surface area contributed by atoms with Crippen molar-refractivity contribution in [2.75, 3.05) is 23.7 Å². The van der Waals surface area contributed by atoms with Crippen molar-refractivity contribution in [3.63, 3.8) is 0 Å². The number of piperidine rings is 1. The first-order valence-corrected chi connectivity index (χ1v) is 20.6. The predicted molar refractivity (Wildman–Crippen MR) is 192 cm³/mol. The van der Waals surface area contributed by atoms with Crippen LogP contribution in [0.1, 0.15) is 56.3 Å². The molecule has 1 unspecified atom stereocenters. The highest BCUT2D eigenvalue weighted by molar-refractivity contribution is 7.90. The van der Waals surface area contributed by atoms with Crippen molar-refractivity contribution >= 4 is 42.2 Å². The number of nitrogens with two attached hydrogens (primary N) is 1. The molecule has 4 heterocycles. The quantitative estimate of drug-likeness (QED) is 0.179. The number of aryl methyl sites for hydroxylation is 1. The van der Waals surface area contributed by atoms with E-state index in [9.17, 15) is 9.35 Å². The zero-order valence-corrected chi connectivity index (χ0v) is 30.0. The Balaban J connectivity index is 1.31. The van der Waals surface area contributed by atoms with E-state index in [4.69, 9.17) is 10.7 Å². The number of rotatable bonds is 4. The Morgan fingerprint density at radius 2 is 1.87 bits per heavy atom. The number of anilines is 2. The molecular weight excluding hydrogens is 611 g/mol. The van der Waals surface area contributed by atoms with E-state index in [2.05, 4.69) is 63.9 Å². The van der Waals surface area contributed by atoms with Gasteiger partial charge in [-0.05, 0) is 75.4 Å². The Morgan fingerprint density at radius 1 is 1.15 bits per heavy atom. The molecule has 1 aliphatic carbocycles. The van der Waals surface area contributed by atoms with Gasteiger partial charge in [-0.3, -0.25) is 9.36 Å². The molecule has 4 aromatic rings. The SMILES string of the molecule is Cn1c(N2CCC3(CC2)Cc2cc(C#C[Si](C)(C)C)ccc2[C@H]3N[S+]([O-])C(C)(C)C)nc(N)c(-c2cn(C)c3ncccc23)c1=O. The lowest BCUT2D eigenvalue weighted by molar-refractivity contribution is 0.175. The summed E-state index contributed by atoms with van der Waals surface area (Å²) >= 11 is -1.23. The molecule has 1 aromatic carbocycles. The van der Waals surface area contributed by atoms with Gasteiger partial charge in [-0.15, -0.1) is 10.3 Å². The number of hydrogen-bond acceptors (Lipinski definition) is 7. The molecule has 1 saturated heterocycles. The van der Waals surface area contributed by atoms with Gasteiger partial charge in [0, 0.05) is 72.9 Å². The number of aromatic nitrogens is 4. The molecule has 3 aromatic heterocycles. The van der Waals surface area contributed by atoms with E-state index < -0.39 is 24.2 Å². The highest BCUT2D eigenvalue weighted by Crippen LogP contribution is 2.53. The van der Waals surface area contributed by atoms with Gasteiger partial charge >= 0.3 is 0 Å². The molecule has 0 saturated carbocycles. The summed E-state index contributed by atoms with van der Waals surface area (Å²) < 4.78 is 20.2. The van der Waals surface area contributed by atoms with Crippen LogP contribution in [0.15, 0.2) is 47.5 Å².